The Morgan fingerprint density at radius 2 is 1.81 bits per heavy atom. The van der Waals surface area contributed by atoms with Crippen LogP contribution in [0.4, 0.5) is 5.69 Å². The van der Waals surface area contributed by atoms with E-state index in [9.17, 15) is 0 Å². The minimum atomic E-state index is 0.665. The molecule has 0 radical (unpaired) electrons. The van der Waals surface area contributed by atoms with Gasteiger partial charge in [0.15, 0.2) is 0 Å². The largest absolute Gasteiger partial charge is 0.397 e. The molecule has 90 valence electrons. The molecule has 0 saturated heterocycles. The van der Waals surface area contributed by atoms with Crippen molar-refractivity contribution in [3.63, 3.8) is 0 Å². The van der Waals surface area contributed by atoms with Crippen molar-refractivity contribution >= 4 is 17.8 Å². The fraction of sp³-hybridized carbons (Fsp3) is 0.357. The third-order valence-corrected chi connectivity index (χ3v) is 1.52. The monoisotopic (exact) mass is 220 g/mol. The van der Waals surface area contributed by atoms with Crippen LogP contribution in [0.25, 0.3) is 12.2 Å². The van der Waals surface area contributed by atoms with Crippen molar-refractivity contribution in [3.8, 4) is 0 Å². The van der Waals surface area contributed by atoms with Crippen molar-refractivity contribution in [3.05, 3.63) is 36.2 Å². The molecule has 1 heterocycles. The molecule has 0 spiro atoms. The number of nitrogens with zero attached hydrogens (tertiary/aromatic N) is 1. The first kappa shape index (κ1) is 16.8. The lowest BCUT2D eigenvalue weighted by molar-refractivity contribution is 1.28. The van der Waals surface area contributed by atoms with Crippen molar-refractivity contribution < 1.29 is 0 Å². The summed E-state index contributed by atoms with van der Waals surface area (Å²) < 4.78 is 0. The molecule has 0 aliphatic rings. The van der Waals surface area contributed by atoms with E-state index in [1.807, 2.05) is 52.8 Å². The molecule has 16 heavy (non-hydrogen) atoms. The Hall–Kier alpha value is -1.57. The van der Waals surface area contributed by atoms with Crippen LogP contribution >= 0.6 is 0 Å². The number of nitrogens with two attached hydrogens (primary N) is 1. The topological polar surface area (TPSA) is 38.9 Å². The van der Waals surface area contributed by atoms with E-state index in [0.717, 1.165) is 11.3 Å². The van der Waals surface area contributed by atoms with Gasteiger partial charge in [-0.3, -0.25) is 4.98 Å². The summed E-state index contributed by atoms with van der Waals surface area (Å²) in [6.45, 7) is 13.6. The van der Waals surface area contributed by atoms with E-state index in [2.05, 4.69) is 11.6 Å². The van der Waals surface area contributed by atoms with E-state index in [1.54, 1.807) is 12.3 Å². The van der Waals surface area contributed by atoms with E-state index >= 15 is 0 Å². The minimum absolute atomic E-state index is 0.665. The van der Waals surface area contributed by atoms with Crippen molar-refractivity contribution in [2.24, 2.45) is 0 Å². The van der Waals surface area contributed by atoms with Crippen LogP contribution in [0.2, 0.25) is 0 Å². The van der Waals surface area contributed by atoms with Crippen molar-refractivity contribution in [1.29, 1.82) is 0 Å². The number of allylic oxidation sites excluding steroid dienone is 1. The van der Waals surface area contributed by atoms with Crippen LogP contribution in [-0.2, 0) is 0 Å². The lowest BCUT2D eigenvalue weighted by Gasteiger charge is -2.00. The molecule has 0 aliphatic carbocycles. The predicted octanol–water partition coefficient (Wildman–Crippen LogP) is 4.39. The molecule has 2 N–H and O–H groups in total. The number of aromatic nitrogens is 1. The average molecular weight is 220 g/mol. The zero-order chi connectivity index (χ0) is 13.0. The molecule has 0 unspecified atom stereocenters. The number of pyridine rings is 1. The van der Waals surface area contributed by atoms with Crippen LogP contribution in [0, 0.1) is 0 Å². The van der Waals surface area contributed by atoms with E-state index in [1.165, 1.54) is 0 Å². The van der Waals surface area contributed by atoms with Crippen molar-refractivity contribution in [2.75, 3.05) is 5.73 Å². The Morgan fingerprint density at radius 3 is 2.25 bits per heavy atom. The molecule has 0 amide bonds. The SMILES string of the molecule is C=Cc1cc(N)cnc1/C=C\C.CC.CC. The molecule has 0 aromatic carbocycles. The van der Waals surface area contributed by atoms with Gasteiger partial charge in [-0.2, -0.15) is 0 Å². The van der Waals surface area contributed by atoms with Crippen LogP contribution in [-0.4, -0.2) is 4.98 Å². The summed E-state index contributed by atoms with van der Waals surface area (Å²) in [5.74, 6) is 0. The third kappa shape index (κ3) is 6.02. The molecule has 1 aromatic rings. The molecule has 1 aromatic heterocycles. The molecule has 0 atom stereocenters. The van der Waals surface area contributed by atoms with Gasteiger partial charge in [0.25, 0.3) is 0 Å². The number of rotatable bonds is 2. The molecule has 2 heteroatoms. The number of hydrogen-bond acceptors (Lipinski definition) is 2. The summed E-state index contributed by atoms with van der Waals surface area (Å²) in [6.07, 6.45) is 7.25. The highest BCUT2D eigenvalue weighted by Crippen LogP contribution is 2.12. The van der Waals surface area contributed by atoms with E-state index in [4.69, 9.17) is 5.73 Å². The Bertz CT molecular complexity index is 315. The second-order valence-corrected chi connectivity index (χ2v) is 2.45. The van der Waals surface area contributed by atoms with Gasteiger partial charge in [0, 0.05) is 5.56 Å². The van der Waals surface area contributed by atoms with Gasteiger partial charge in [-0.1, -0.05) is 46.4 Å². The second kappa shape index (κ2) is 11.5. The maximum Gasteiger partial charge on any atom is 0.0700 e. The smallest absolute Gasteiger partial charge is 0.0700 e. The lowest BCUT2D eigenvalue weighted by atomic mass is 10.1. The summed E-state index contributed by atoms with van der Waals surface area (Å²) in [6, 6.07) is 1.86. The van der Waals surface area contributed by atoms with Gasteiger partial charge in [-0.05, 0) is 19.1 Å². The first-order chi connectivity index (χ1) is 7.77. The summed E-state index contributed by atoms with van der Waals surface area (Å²) in [5.41, 5.74) is 8.10. The summed E-state index contributed by atoms with van der Waals surface area (Å²) in [5, 5.41) is 0. The Morgan fingerprint density at radius 1 is 1.25 bits per heavy atom. The third-order valence-electron chi connectivity index (χ3n) is 1.52. The minimum Gasteiger partial charge on any atom is -0.397 e. The average Bonchev–Trinajstić information content (AvgIpc) is 2.36. The number of nitrogen functional groups attached to an aromatic ring is 1. The molecule has 0 fully saturated rings. The van der Waals surface area contributed by atoms with Gasteiger partial charge < -0.3 is 5.73 Å². The van der Waals surface area contributed by atoms with Gasteiger partial charge in [0.2, 0.25) is 0 Å². The highest BCUT2D eigenvalue weighted by molar-refractivity contribution is 5.64. The van der Waals surface area contributed by atoms with Gasteiger partial charge in [0.05, 0.1) is 17.6 Å². The lowest BCUT2D eigenvalue weighted by Crippen LogP contribution is -1.91. The second-order valence-electron chi connectivity index (χ2n) is 2.45. The van der Waals surface area contributed by atoms with Crippen LogP contribution < -0.4 is 5.73 Å². The van der Waals surface area contributed by atoms with E-state index in [0.29, 0.717) is 5.69 Å². The highest BCUT2D eigenvalue weighted by atomic mass is 14.7. The van der Waals surface area contributed by atoms with Gasteiger partial charge in [-0.25, -0.2) is 0 Å². The Labute approximate surface area is 99.9 Å². The van der Waals surface area contributed by atoms with Gasteiger partial charge in [0.1, 0.15) is 0 Å². The fourth-order valence-corrected chi connectivity index (χ4v) is 0.970. The van der Waals surface area contributed by atoms with Crippen molar-refractivity contribution in [2.45, 2.75) is 34.6 Å². The maximum atomic E-state index is 5.56. The summed E-state index contributed by atoms with van der Waals surface area (Å²) >= 11 is 0. The zero-order valence-electron chi connectivity index (χ0n) is 11.1. The molecule has 2 nitrogen and oxygen atoms in total. The molecule has 0 saturated carbocycles. The van der Waals surface area contributed by atoms with E-state index in [-0.39, 0.29) is 0 Å². The van der Waals surface area contributed by atoms with Crippen LogP contribution in [0.1, 0.15) is 45.9 Å². The number of hydrogen-bond donors (Lipinski definition) is 1. The Balaban J connectivity index is 0. The van der Waals surface area contributed by atoms with Crippen molar-refractivity contribution in [1.82, 2.24) is 4.98 Å². The maximum absolute atomic E-state index is 5.56. The first-order valence-electron chi connectivity index (χ1n) is 5.78. The van der Waals surface area contributed by atoms with Crippen LogP contribution in [0.5, 0.6) is 0 Å². The molecular weight excluding hydrogens is 196 g/mol. The molecular formula is C14H24N2. The molecule has 1 rings (SSSR count). The first-order valence-corrected chi connectivity index (χ1v) is 5.78. The zero-order valence-corrected chi connectivity index (χ0v) is 11.1. The quantitative estimate of drug-likeness (QED) is 0.802. The Kier molecular flexibility index (Phi) is 12.1. The van der Waals surface area contributed by atoms with Gasteiger partial charge in [-0.15, -0.1) is 0 Å². The predicted molar refractivity (Wildman–Crippen MR) is 76.1 cm³/mol. The highest BCUT2D eigenvalue weighted by Gasteiger charge is 1.96. The molecule has 0 aliphatic heterocycles. The molecule has 0 bridgehead atoms. The van der Waals surface area contributed by atoms with Crippen LogP contribution in [0.3, 0.4) is 0 Å². The van der Waals surface area contributed by atoms with Gasteiger partial charge >= 0.3 is 0 Å². The van der Waals surface area contributed by atoms with E-state index < -0.39 is 0 Å². The standard InChI is InChI=1S/C10H12N2.2C2H6/c1-3-5-10-8(4-2)6-9(11)7-12-10;2*1-2/h3-7H,2,11H2,1H3;2*1-2H3/b5-3-;;. The normalized spacial score (nSPS) is 8.56. The fourth-order valence-electron chi connectivity index (χ4n) is 0.970. The summed E-state index contributed by atoms with van der Waals surface area (Å²) in [7, 11) is 0. The van der Waals surface area contributed by atoms with Crippen LogP contribution in [0.15, 0.2) is 24.9 Å². The number of anilines is 1. The summed E-state index contributed by atoms with van der Waals surface area (Å²) in [4.78, 5) is 4.16.